The van der Waals surface area contributed by atoms with Crippen LogP contribution < -0.4 is 5.32 Å². The number of anilines is 1. The van der Waals surface area contributed by atoms with Crippen LogP contribution in [-0.4, -0.2) is 40.1 Å². The first-order chi connectivity index (χ1) is 13.3. The predicted molar refractivity (Wildman–Crippen MR) is 101 cm³/mol. The molecule has 1 amide bonds. The Morgan fingerprint density at radius 3 is 2.68 bits per heavy atom. The molecule has 7 heteroatoms. The second kappa shape index (κ2) is 5.78. The van der Waals surface area contributed by atoms with Crippen molar-refractivity contribution in [2.75, 3.05) is 18.4 Å². The van der Waals surface area contributed by atoms with Crippen LogP contribution in [0.4, 0.5) is 14.6 Å². The van der Waals surface area contributed by atoms with Gasteiger partial charge in [-0.3, -0.25) is 4.79 Å². The average Bonchev–Trinajstić information content (AvgIpc) is 3.02. The lowest BCUT2D eigenvalue weighted by Gasteiger charge is -2.38. The van der Waals surface area contributed by atoms with Gasteiger partial charge in [-0.25, -0.2) is 13.5 Å². The summed E-state index contributed by atoms with van der Waals surface area (Å²) in [6, 6.07) is 10.2. The van der Waals surface area contributed by atoms with Crippen LogP contribution >= 0.6 is 0 Å². The van der Waals surface area contributed by atoms with E-state index < -0.39 is 11.8 Å². The Morgan fingerprint density at radius 1 is 1.25 bits per heavy atom. The van der Waals surface area contributed by atoms with Gasteiger partial charge in [0.1, 0.15) is 11.4 Å². The van der Waals surface area contributed by atoms with Gasteiger partial charge in [-0.1, -0.05) is 30.3 Å². The molecule has 5 rings (SSSR count). The van der Waals surface area contributed by atoms with Crippen LogP contribution in [-0.2, 0) is 5.54 Å². The molecule has 3 aliphatic rings. The Bertz CT molecular complexity index is 926. The van der Waals surface area contributed by atoms with Crippen LogP contribution in [0.15, 0.2) is 36.5 Å². The highest BCUT2D eigenvalue weighted by Crippen LogP contribution is 2.61. The molecular weight excluding hydrogens is 362 g/mol. The molecular formula is C21H24F2N4O. The summed E-state index contributed by atoms with van der Waals surface area (Å²) in [5, 5.41) is 7.95. The second-order valence-corrected chi connectivity index (χ2v) is 9.06. The second-order valence-electron chi connectivity index (χ2n) is 9.06. The van der Waals surface area contributed by atoms with E-state index in [4.69, 9.17) is 0 Å². The summed E-state index contributed by atoms with van der Waals surface area (Å²) in [6.07, 6.45) is 0.580. The van der Waals surface area contributed by atoms with Crippen LogP contribution in [0.5, 0.6) is 0 Å². The molecule has 0 radical (unpaired) electrons. The van der Waals surface area contributed by atoms with Crippen LogP contribution in [0.1, 0.15) is 48.7 Å². The fourth-order valence-corrected chi connectivity index (χ4v) is 4.98. The van der Waals surface area contributed by atoms with Gasteiger partial charge < -0.3 is 10.2 Å². The van der Waals surface area contributed by atoms with Crippen molar-refractivity contribution in [2.45, 2.75) is 44.7 Å². The van der Waals surface area contributed by atoms with Crippen molar-refractivity contribution in [3.8, 4) is 0 Å². The minimum Gasteiger partial charge on any atom is -0.363 e. The molecule has 1 saturated heterocycles. The number of fused-ring (bicyclic) bond motifs is 2. The molecule has 1 N–H and O–H groups in total. The number of carbonyl (C=O) groups excluding carboxylic acids is 1. The highest BCUT2D eigenvalue weighted by Gasteiger charge is 2.66. The number of aromatic nitrogens is 2. The van der Waals surface area contributed by atoms with E-state index in [0.717, 1.165) is 12.0 Å². The van der Waals surface area contributed by atoms with Crippen LogP contribution in [0.2, 0.25) is 0 Å². The maximum Gasteiger partial charge on any atom is 0.259 e. The SMILES string of the molecule is CC1(C)C[C@H](c2ccccc2)Nc2c(C(=O)N3CC4CC4(C(F)F)C3)cnn21. The lowest BCUT2D eigenvalue weighted by Crippen LogP contribution is -2.39. The van der Waals surface area contributed by atoms with Crippen molar-refractivity contribution in [1.82, 2.24) is 14.7 Å². The molecule has 0 bridgehead atoms. The number of halogens is 2. The third-order valence-electron chi connectivity index (χ3n) is 6.72. The Kier molecular flexibility index (Phi) is 3.64. The van der Waals surface area contributed by atoms with E-state index >= 15 is 0 Å². The number of likely N-dealkylation sites (tertiary alicyclic amines) is 1. The lowest BCUT2D eigenvalue weighted by molar-refractivity contribution is 0.0488. The molecule has 1 saturated carbocycles. The first-order valence-electron chi connectivity index (χ1n) is 9.79. The van der Waals surface area contributed by atoms with Gasteiger partial charge >= 0.3 is 0 Å². The van der Waals surface area contributed by atoms with Crippen molar-refractivity contribution in [1.29, 1.82) is 0 Å². The van der Waals surface area contributed by atoms with Crippen LogP contribution in [0, 0.1) is 11.3 Å². The molecule has 28 heavy (non-hydrogen) atoms. The van der Waals surface area contributed by atoms with E-state index in [0.29, 0.717) is 24.3 Å². The van der Waals surface area contributed by atoms with Gasteiger partial charge in [-0.2, -0.15) is 5.10 Å². The fraction of sp³-hybridized carbons (Fsp3) is 0.524. The standard InChI is InChI=1S/C21H24F2N4O/c1-20(2)9-16(13-6-4-3-5-7-13)25-17-15(10-24-27(17)20)18(28)26-11-14-8-21(14,12-26)19(22)23/h3-7,10,14,16,19,25H,8-9,11-12H2,1-2H3/t14?,16-,21?/m1/s1. The number of benzene rings is 1. The Hall–Kier alpha value is -2.44. The molecule has 2 fully saturated rings. The van der Waals surface area contributed by atoms with E-state index in [1.54, 1.807) is 11.1 Å². The summed E-state index contributed by atoms with van der Waals surface area (Å²) >= 11 is 0. The van der Waals surface area contributed by atoms with Crippen molar-refractivity contribution < 1.29 is 13.6 Å². The summed E-state index contributed by atoms with van der Waals surface area (Å²) in [7, 11) is 0. The number of piperidine rings is 1. The Morgan fingerprint density at radius 2 is 2.00 bits per heavy atom. The van der Waals surface area contributed by atoms with Gasteiger partial charge in [0.2, 0.25) is 6.43 Å². The maximum absolute atomic E-state index is 13.4. The van der Waals surface area contributed by atoms with Crippen LogP contribution in [0.25, 0.3) is 0 Å². The van der Waals surface area contributed by atoms with Gasteiger partial charge in [0.25, 0.3) is 5.91 Å². The normalized spacial score (nSPS) is 30.0. The topological polar surface area (TPSA) is 50.2 Å². The number of alkyl halides is 2. The molecule has 0 spiro atoms. The summed E-state index contributed by atoms with van der Waals surface area (Å²) in [6.45, 7) is 4.76. The van der Waals surface area contributed by atoms with E-state index in [9.17, 15) is 13.6 Å². The molecule has 2 unspecified atom stereocenters. The number of amides is 1. The molecule has 3 heterocycles. The highest BCUT2D eigenvalue weighted by molar-refractivity contribution is 5.99. The summed E-state index contributed by atoms with van der Waals surface area (Å²) in [5.41, 5.74) is 0.388. The maximum atomic E-state index is 13.4. The minimum absolute atomic E-state index is 0.0614. The van der Waals surface area contributed by atoms with Gasteiger partial charge in [0.05, 0.1) is 23.2 Å². The third kappa shape index (κ3) is 2.48. The van der Waals surface area contributed by atoms with Gasteiger partial charge in [-0.05, 0) is 38.2 Å². The van der Waals surface area contributed by atoms with Gasteiger partial charge in [-0.15, -0.1) is 0 Å². The highest BCUT2D eigenvalue weighted by atomic mass is 19.3. The van der Waals surface area contributed by atoms with E-state index in [-0.39, 0.29) is 30.0 Å². The summed E-state index contributed by atoms with van der Waals surface area (Å²) in [4.78, 5) is 14.7. The van der Waals surface area contributed by atoms with Crippen molar-refractivity contribution in [3.63, 3.8) is 0 Å². The molecule has 1 aromatic carbocycles. The first kappa shape index (κ1) is 17.6. The molecule has 5 nitrogen and oxygen atoms in total. The monoisotopic (exact) mass is 386 g/mol. The number of hydrogen-bond donors (Lipinski definition) is 1. The van der Waals surface area contributed by atoms with E-state index in [2.05, 4.69) is 36.4 Å². The zero-order valence-corrected chi connectivity index (χ0v) is 16.0. The Labute approximate surface area is 162 Å². The van der Waals surface area contributed by atoms with Crippen molar-refractivity contribution in [2.24, 2.45) is 11.3 Å². The zero-order valence-electron chi connectivity index (χ0n) is 16.0. The molecule has 148 valence electrons. The molecule has 1 aromatic heterocycles. The van der Waals surface area contributed by atoms with E-state index in [1.807, 2.05) is 22.9 Å². The minimum atomic E-state index is -2.36. The third-order valence-corrected chi connectivity index (χ3v) is 6.72. The molecule has 3 atom stereocenters. The van der Waals surface area contributed by atoms with Crippen LogP contribution in [0.3, 0.4) is 0 Å². The van der Waals surface area contributed by atoms with Gasteiger partial charge in [0.15, 0.2) is 0 Å². The number of nitrogens with one attached hydrogen (secondary N) is 1. The van der Waals surface area contributed by atoms with Crippen molar-refractivity contribution in [3.05, 3.63) is 47.7 Å². The number of nitrogens with zero attached hydrogens (tertiary/aromatic N) is 3. The fourth-order valence-electron chi connectivity index (χ4n) is 4.98. The lowest BCUT2D eigenvalue weighted by atomic mass is 9.89. The number of carbonyl (C=O) groups is 1. The average molecular weight is 386 g/mol. The molecule has 1 aliphatic carbocycles. The molecule has 2 aromatic rings. The zero-order chi connectivity index (χ0) is 19.7. The largest absolute Gasteiger partial charge is 0.363 e. The summed E-state index contributed by atoms with van der Waals surface area (Å²) in [5.74, 6) is 0.413. The number of rotatable bonds is 3. The quantitative estimate of drug-likeness (QED) is 0.870. The van der Waals surface area contributed by atoms with E-state index in [1.165, 1.54) is 0 Å². The van der Waals surface area contributed by atoms with Gasteiger partial charge in [0, 0.05) is 13.1 Å². The van der Waals surface area contributed by atoms with Crippen molar-refractivity contribution >= 4 is 11.7 Å². The first-order valence-corrected chi connectivity index (χ1v) is 9.79. The predicted octanol–water partition coefficient (Wildman–Crippen LogP) is 3.90. The number of hydrogen-bond acceptors (Lipinski definition) is 3. The smallest absolute Gasteiger partial charge is 0.259 e. The molecule has 2 aliphatic heterocycles. The summed E-state index contributed by atoms with van der Waals surface area (Å²) < 4.78 is 28.6. The Balaban J connectivity index is 1.45.